The molecule has 5 nitrogen and oxygen atoms in total. The number of methoxy groups -OCH3 is 1. The first-order valence-corrected chi connectivity index (χ1v) is 9.25. The summed E-state index contributed by atoms with van der Waals surface area (Å²) in [7, 11) is -2.33. The Bertz CT molecular complexity index is 991. The van der Waals surface area contributed by atoms with E-state index in [1.165, 1.54) is 37.4 Å². The third-order valence-corrected chi connectivity index (χ3v) is 5.03. The van der Waals surface area contributed by atoms with E-state index in [4.69, 9.17) is 4.74 Å². The molecule has 0 fully saturated rings. The van der Waals surface area contributed by atoms with Gasteiger partial charge in [0.1, 0.15) is 11.6 Å². The highest BCUT2D eigenvalue weighted by molar-refractivity contribution is 7.92. The van der Waals surface area contributed by atoms with Gasteiger partial charge < -0.3 is 10.1 Å². The van der Waals surface area contributed by atoms with Crippen molar-refractivity contribution in [2.45, 2.75) is 4.90 Å². The standard InChI is InChI=1S/C19H17FN2O3S/c1-25-16-8-10-17(11-9-16)26(23,24)22-18-12-7-14(20)13-19(18)21-15-5-3-2-4-6-15/h2-13,21-22H,1H3. The topological polar surface area (TPSA) is 67.4 Å². The number of halogens is 1. The van der Waals surface area contributed by atoms with Crippen LogP contribution in [0.15, 0.2) is 77.7 Å². The molecule has 0 heterocycles. The minimum absolute atomic E-state index is 0.0771. The predicted molar refractivity (Wildman–Crippen MR) is 99.9 cm³/mol. The average molecular weight is 372 g/mol. The van der Waals surface area contributed by atoms with Gasteiger partial charge in [0.15, 0.2) is 0 Å². The largest absolute Gasteiger partial charge is 0.497 e. The SMILES string of the molecule is COc1ccc(S(=O)(=O)Nc2ccc(F)cc2Nc2ccccc2)cc1. The van der Waals surface area contributed by atoms with Crippen molar-refractivity contribution in [1.29, 1.82) is 0 Å². The Kier molecular flexibility index (Phi) is 5.09. The van der Waals surface area contributed by atoms with Crippen LogP contribution in [0.25, 0.3) is 0 Å². The first-order valence-electron chi connectivity index (χ1n) is 7.76. The number of ether oxygens (including phenoxy) is 1. The van der Waals surface area contributed by atoms with E-state index >= 15 is 0 Å². The van der Waals surface area contributed by atoms with Gasteiger partial charge in [0.05, 0.1) is 23.4 Å². The van der Waals surface area contributed by atoms with Gasteiger partial charge in [-0.1, -0.05) is 18.2 Å². The molecule has 0 aromatic heterocycles. The van der Waals surface area contributed by atoms with Gasteiger partial charge in [0.25, 0.3) is 10.0 Å². The fraction of sp³-hybridized carbons (Fsp3) is 0.0526. The zero-order valence-corrected chi connectivity index (χ0v) is 14.8. The summed E-state index contributed by atoms with van der Waals surface area (Å²) in [5.74, 6) is 0.0768. The van der Waals surface area contributed by atoms with Crippen LogP contribution in [-0.2, 0) is 10.0 Å². The van der Waals surface area contributed by atoms with Crippen LogP contribution >= 0.6 is 0 Å². The van der Waals surface area contributed by atoms with Crippen molar-refractivity contribution in [2.24, 2.45) is 0 Å². The molecule has 7 heteroatoms. The van der Waals surface area contributed by atoms with E-state index in [2.05, 4.69) is 10.0 Å². The third kappa shape index (κ3) is 4.12. The van der Waals surface area contributed by atoms with Crippen LogP contribution in [0.2, 0.25) is 0 Å². The van der Waals surface area contributed by atoms with Gasteiger partial charge in [-0.3, -0.25) is 4.72 Å². The molecular weight excluding hydrogens is 355 g/mol. The van der Waals surface area contributed by atoms with Crippen LogP contribution in [0.3, 0.4) is 0 Å². The molecule has 0 amide bonds. The highest BCUT2D eigenvalue weighted by Gasteiger charge is 2.17. The van der Waals surface area contributed by atoms with Gasteiger partial charge in [-0.25, -0.2) is 12.8 Å². The number of nitrogens with one attached hydrogen (secondary N) is 2. The normalized spacial score (nSPS) is 11.0. The molecule has 0 aliphatic carbocycles. The lowest BCUT2D eigenvalue weighted by Gasteiger charge is -2.15. The molecule has 0 spiro atoms. The maximum Gasteiger partial charge on any atom is 0.261 e. The molecule has 0 aliphatic rings. The van der Waals surface area contributed by atoms with Gasteiger partial charge in [-0.15, -0.1) is 0 Å². The molecule has 134 valence electrons. The van der Waals surface area contributed by atoms with Crippen LogP contribution in [0.5, 0.6) is 5.75 Å². The van der Waals surface area contributed by atoms with E-state index < -0.39 is 15.8 Å². The predicted octanol–water partition coefficient (Wildman–Crippen LogP) is 4.38. The van der Waals surface area contributed by atoms with Crippen LogP contribution in [-0.4, -0.2) is 15.5 Å². The van der Waals surface area contributed by atoms with E-state index in [0.29, 0.717) is 17.1 Å². The van der Waals surface area contributed by atoms with E-state index in [0.717, 1.165) is 0 Å². The molecule has 3 aromatic rings. The van der Waals surface area contributed by atoms with Crippen molar-refractivity contribution in [3.8, 4) is 5.75 Å². The summed E-state index contributed by atoms with van der Waals surface area (Å²) in [4.78, 5) is 0.0771. The zero-order valence-electron chi connectivity index (χ0n) is 13.9. The Balaban J connectivity index is 1.91. The van der Waals surface area contributed by atoms with Crippen molar-refractivity contribution in [1.82, 2.24) is 0 Å². The van der Waals surface area contributed by atoms with Crippen molar-refractivity contribution in [3.05, 3.63) is 78.6 Å². The molecular formula is C19H17FN2O3S. The highest BCUT2D eigenvalue weighted by atomic mass is 32.2. The lowest BCUT2D eigenvalue weighted by Crippen LogP contribution is -2.14. The highest BCUT2D eigenvalue weighted by Crippen LogP contribution is 2.29. The Morgan fingerprint density at radius 1 is 0.885 bits per heavy atom. The lowest BCUT2D eigenvalue weighted by molar-refractivity contribution is 0.414. The van der Waals surface area contributed by atoms with Crippen molar-refractivity contribution < 1.29 is 17.5 Å². The number of sulfonamides is 1. The second-order valence-corrected chi connectivity index (χ2v) is 7.14. The molecule has 0 bridgehead atoms. The van der Waals surface area contributed by atoms with Gasteiger partial charge in [0.2, 0.25) is 0 Å². The first-order chi connectivity index (χ1) is 12.5. The van der Waals surface area contributed by atoms with Crippen LogP contribution in [0.1, 0.15) is 0 Å². The maximum atomic E-state index is 13.7. The quantitative estimate of drug-likeness (QED) is 0.674. The fourth-order valence-corrected chi connectivity index (χ4v) is 3.42. The van der Waals surface area contributed by atoms with Crippen LogP contribution in [0.4, 0.5) is 21.5 Å². The van der Waals surface area contributed by atoms with E-state index in [-0.39, 0.29) is 10.6 Å². The molecule has 2 N–H and O–H groups in total. The lowest BCUT2D eigenvalue weighted by atomic mass is 10.2. The molecule has 26 heavy (non-hydrogen) atoms. The number of para-hydroxylation sites is 1. The fourth-order valence-electron chi connectivity index (χ4n) is 2.34. The van der Waals surface area contributed by atoms with Crippen molar-refractivity contribution in [2.75, 3.05) is 17.1 Å². The summed E-state index contributed by atoms with van der Waals surface area (Å²) in [6.07, 6.45) is 0. The Morgan fingerprint density at radius 2 is 1.58 bits per heavy atom. The minimum Gasteiger partial charge on any atom is -0.497 e. The second kappa shape index (κ2) is 7.45. The molecule has 3 rings (SSSR count). The van der Waals surface area contributed by atoms with Crippen molar-refractivity contribution >= 4 is 27.1 Å². The summed E-state index contributed by atoms with van der Waals surface area (Å²) in [6.45, 7) is 0. The molecule has 0 unspecified atom stereocenters. The van der Waals surface area contributed by atoms with Crippen LogP contribution < -0.4 is 14.8 Å². The average Bonchev–Trinajstić information content (AvgIpc) is 2.65. The smallest absolute Gasteiger partial charge is 0.261 e. The Morgan fingerprint density at radius 3 is 2.23 bits per heavy atom. The number of anilines is 3. The summed E-state index contributed by atoms with van der Waals surface area (Å²) >= 11 is 0. The number of rotatable bonds is 6. The number of benzene rings is 3. The monoisotopic (exact) mass is 372 g/mol. The van der Waals surface area contributed by atoms with Gasteiger partial charge in [-0.2, -0.15) is 0 Å². The minimum atomic E-state index is -3.83. The van der Waals surface area contributed by atoms with E-state index in [1.54, 1.807) is 24.3 Å². The number of hydrogen-bond acceptors (Lipinski definition) is 4. The first kappa shape index (κ1) is 17.8. The summed E-state index contributed by atoms with van der Waals surface area (Å²) < 4.78 is 46.4. The second-order valence-electron chi connectivity index (χ2n) is 5.46. The molecule has 0 radical (unpaired) electrons. The molecule has 0 saturated carbocycles. The zero-order chi connectivity index (χ0) is 18.6. The van der Waals surface area contributed by atoms with E-state index in [1.807, 2.05) is 18.2 Å². The Labute approximate surface area is 151 Å². The van der Waals surface area contributed by atoms with Gasteiger partial charge in [-0.05, 0) is 54.6 Å². The summed E-state index contributed by atoms with van der Waals surface area (Å²) in [6, 6.07) is 18.9. The van der Waals surface area contributed by atoms with Crippen LogP contribution in [0, 0.1) is 5.82 Å². The molecule has 0 aliphatic heterocycles. The van der Waals surface area contributed by atoms with Gasteiger partial charge in [0, 0.05) is 5.69 Å². The third-order valence-electron chi connectivity index (χ3n) is 3.65. The van der Waals surface area contributed by atoms with E-state index in [9.17, 15) is 12.8 Å². The number of hydrogen-bond donors (Lipinski definition) is 2. The summed E-state index contributed by atoms with van der Waals surface area (Å²) in [5, 5.41) is 3.02. The Hall–Kier alpha value is -3.06. The molecule has 0 atom stereocenters. The molecule has 0 saturated heterocycles. The van der Waals surface area contributed by atoms with Crippen molar-refractivity contribution in [3.63, 3.8) is 0 Å². The van der Waals surface area contributed by atoms with Gasteiger partial charge >= 0.3 is 0 Å². The summed E-state index contributed by atoms with van der Waals surface area (Å²) in [5.41, 5.74) is 1.27. The molecule has 3 aromatic carbocycles. The maximum absolute atomic E-state index is 13.7.